The van der Waals surface area contributed by atoms with Crippen LogP contribution in [0.3, 0.4) is 0 Å². The number of carboxylic acids is 1. The van der Waals surface area contributed by atoms with E-state index in [4.69, 9.17) is 0 Å². The fourth-order valence-corrected chi connectivity index (χ4v) is 4.02. The molecule has 2 heterocycles. The van der Waals surface area contributed by atoms with Crippen molar-refractivity contribution in [3.05, 3.63) is 59.9 Å². The standard InChI is InChI=1S/C22H22F3N5O2/c1-13-8-16(28-21-26-7-6-19(29-21)22(23,24)25)10-17(9-13)30-11-18(27-12-30)14-2-4-15(5-3-14)20(31)32/h6-12,14-15H,2-5H2,1H3,(H,31,32)(H,26,28,29)/t14-,15-. The van der Waals surface area contributed by atoms with E-state index in [-0.39, 0.29) is 17.8 Å². The number of nitrogens with zero attached hydrogens (tertiary/aromatic N) is 4. The maximum Gasteiger partial charge on any atom is 0.433 e. The molecule has 1 aliphatic rings. The summed E-state index contributed by atoms with van der Waals surface area (Å²) in [5.41, 5.74) is 2.13. The lowest BCUT2D eigenvalue weighted by molar-refractivity contribution is -0.143. The summed E-state index contributed by atoms with van der Waals surface area (Å²) in [5, 5.41) is 12.0. The number of hydrogen-bond acceptors (Lipinski definition) is 5. The van der Waals surface area contributed by atoms with Gasteiger partial charge in [-0.25, -0.2) is 15.0 Å². The van der Waals surface area contributed by atoms with Crippen LogP contribution in [0.1, 0.15) is 48.6 Å². The minimum absolute atomic E-state index is 0.141. The second-order valence-corrected chi connectivity index (χ2v) is 8.04. The van der Waals surface area contributed by atoms with Crippen molar-refractivity contribution in [3.8, 4) is 5.69 Å². The Hall–Kier alpha value is -3.43. The van der Waals surface area contributed by atoms with Crippen molar-refractivity contribution < 1.29 is 23.1 Å². The van der Waals surface area contributed by atoms with Gasteiger partial charge in [0.1, 0.15) is 5.69 Å². The molecule has 168 valence electrons. The van der Waals surface area contributed by atoms with E-state index in [1.54, 1.807) is 18.5 Å². The molecule has 7 nitrogen and oxygen atoms in total. The van der Waals surface area contributed by atoms with E-state index in [9.17, 15) is 23.1 Å². The number of benzene rings is 1. The van der Waals surface area contributed by atoms with Crippen molar-refractivity contribution in [2.24, 2.45) is 5.92 Å². The summed E-state index contributed by atoms with van der Waals surface area (Å²) in [6, 6.07) is 6.33. The number of rotatable bonds is 5. The predicted molar refractivity (Wildman–Crippen MR) is 111 cm³/mol. The van der Waals surface area contributed by atoms with Crippen molar-refractivity contribution >= 4 is 17.6 Å². The quantitative estimate of drug-likeness (QED) is 0.568. The SMILES string of the molecule is Cc1cc(Nc2nccc(C(F)(F)F)n2)cc(-n2cnc([C@H]3CC[C@H](C(=O)O)CC3)c2)c1. The Morgan fingerprint density at radius 1 is 1.16 bits per heavy atom. The predicted octanol–water partition coefficient (Wildman–Crippen LogP) is 5.09. The van der Waals surface area contributed by atoms with E-state index < -0.39 is 17.8 Å². The average molecular weight is 445 g/mol. The number of alkyl halides is 3. The summed E-state index contributed by atoms with van der Waals surface area (Å²) in [4.78, 5) is 23.1. The minimum Gasteiger partial charge on any atom is -0.481 e. The van der Waals surface area contributed by atoms with Crippen molar-refractivity contribution in [1.82, 2.24) is 19.5 Å². The van der Waals surface area contributed by atoms with E-state index in [1.165, 1.54) is 0 Å². The van der Waals surface area contributed by atoms with E-state index in [1.807, 2.05) is 23.8 Å². The Labute approximate surface area is 182 Å². The average Bonchev–Trinajstić information content (AvgIpc) is 3.23. The Balaban J connectivity index is 1.52. The fraction of sp³-hybridized carbons (Fsp3) is 0.364. The first kappa shape index (κ1) is 21.8. The van der Waals surface area contributed by atoms with Gasteiger partial charge in [0.05, 0.1) is 17.9 Å². The van der Waals surface area contributed by atoms with Crippen LogP contribution in [0.15, 0.2) is 43.0 Å². The van der Waals surface area contributed by atoms with E-state index in [0.717, 1.165) is 42.0 Å². The van der Waals surface area contributed by atoms with E-state index >= 15 is 0 Å². The van der Waals surface area contributed by atoms with Crippen LogP contribution in [-0.2, 0) is 11.0 Å². The molecule has 1 saturated carbocycles. The number of aryl methyl sites for hydroxylation is 1. The van der Waals surface area contributed by atoms with Crippen LogP contribution in [-0.4, -0.2) is 30.6 Å². The zero-order valence-corrected chi connectivity index (χ0v) is 17.3. The number of halogens is 3. The highest BCUT2D eigenvalue weighted by atomic mass is 19.4. The molecule has 0 spiro atoms. The molecule has 0 aliphatic heterocycles. The smallest absolute Gasteiger partial charge is 0.433 e. The van der Waals surface area contributed by atoms with E-state index in [2.05, 4.69) is 20.3 Å². The van der Waals surface area contributed by atoms with Crippen LogP contribution in [0.5, 0.6) is 0 Å². The number of imidazole rings is 1. The number of nitrogens with one attached hydrogen (secondary N) is 1. The molecule has 0 saturated heterocycles. The normalized spacial score (nSPS) is 19.0. The first-order chi connectivity index (χ1) is 15.2. The summed E-state index contributed by atoms with van der Waals surface area (Å²) >= 11 is 0. The number of carboxylic acid groups (broad SMARTS) is 1. The second-order valence-electron chi connectivity index (χ2n) is 8.04. The van der Waals surface area contributed by atoms with Crippen LogP contribution in [0.4, 0.5) is 24.8 Å². The third-order valence-corrected chi connectivity index (χ3v) is 5.66. The van der Waals surface area contributed by atoms with Crippen LogP contribution < -0.4 is 5.32 Å². The summed E-state index contributed by atoms with van der Waals surface area (Å²) < 4.78 is 40.6. The van der Waals surface area contributed by atoms with E-state index in [0.29, 0.717) is 18.5 Å². The molecule has 1 aromatic carbocycles. The summed E-state index contributed by atoms with van der Waals surface area (Å²) in [6.45, 7) is 1.88. The molecule has 3 aromatic rings. The topological polar surface area (TPSA) is 92.9 Å². The van der Waals surface area contributed by atoms with Crippen molar-refractivity contribution in [2.45, 2.75) is 44.7 Å². The Morgan fingerprint density at radius 2 is 1.91 bits per heavy atom. The summed E-state index contributed by atoms with van der Waals surface area (Å²) in [6.07, 6.45) is 2.97. The van der Waals surface area contributed by atoms with Gasteiger partial charge in [-0.05, 0) is 62.4 Å². The highest BCUT2D eigenvalue weighted by Gasteiger charge is 2.33. The Kier molecular flexibility index (Phi) is 5.86. The van der Waals surface area contributed by atoms with Crippen molar-refractivity contribution in [2.75, 3.05) is 5.32 Å². The summed E-state index contributed by atoms with van der Waals surface area (Å²) in [7, 11) is 0. The highest BCUT2D eigenvalue weighted by molar-refractivity contribution is 5.70. The maximum atomic E-state index is 12.9. The Bertz CT molecular complexity index is 1120. The lowest BCUT2D eigenvalue weighted by Crippen LogP contribution is -2.20. The molecule has 2 N–H and O–H groups in total. The molecule has 0 atom stereocenters. The van der Waals surface area contributed by atoms with Gasteiger partial charge < -0.3 is 15.0 Å². The molecular formula is C22H22F3N5O2. The molecule has 32 heavy (non-hydrogen) atoms. The zero-order chi connectivity index (χ0) is 22.9. The van der Waals surface area contributed by atoms with Crippen molar-refractivity contribution in [1.29, 1.82) is 0 Å². The van der Waals surface area contributed by atoms with Gasteiger partial charge in [-0.15, -0.1) is 0 Å². The van der Waals surface area contributed by atoms with Gasteiger partial charge in [-0.2, -0.15) is 13.2 Å². The van der Waals surface area contributed by atoms with Gasteiger partial charge >= 0.3 is 12.1 Å². The molecule has 0 unspecified atom stereocenters. The van der Waals surface area contributed by atoms with Crippen LogP contribution in [0.25, 0.3) is 5.69 Å². The van der Waals surface area contributed by atoms with Gasteiger partial charge in [-0.3, -0.25) is 4.79 Å². The summed E-state index contributed by atoms with van der Waals surface area (Å²) in [5.74, 6) is -0.944. The molecule has 0 bridgehead atoms. The number of anilines is 2. The number of carbonyl (C=O) groups is 1. The lowest BCUT2D eigenvalue weighted by atomic mass is 9.81. The minimum atomic E-state index is -4.55. The zero-order valence-electron chi connectivity index (χ0n) is 17.3. The first-order valence-corrected chi connectivity index (χ1v) is 10.2. The number of hydrogen-bond donors (Lipinski definition) is 2. The maximum absolute atomic E-state index is 12.9. The highest BCUT2D eigenvalue weighted by Crippen LogP contribution is 2.35. The molecule has 0 radical (unpaired) electrons. The molecule has 10 heteroatoms. The van der Waals surface area contributed by atoms with Crippen LogP contribution in [0.2, 0.25) is 0 Å². The monoisotopic (exact) mass is 445 g/mol. The lowest BCUT2D eigenvalue weighted by Gasteiger charge is -2.24. The number of aromatic nitrogens is 4. The van der Waals surface area contributed by atoms with Crippen LogP contribution in [0, 0.1) is 12.8 Å². The van der Waals surface area contributed by atoms with Gasteiger partial charge in [-0.1, -0.05) is 0 Å². The molecular weight excluding hydrogens is 423 g/mol. The Morgan fingerprint density at radius 3 is 2.59 bits per heavy atom. The van der Waals surface area contributed by atoms with Gasteiger partial charge in [0.2, 0.25) is 5.95 Å². The first-order valence-electron chi connectivity index (χ1n) is 10.2. The molecule has 1 aliphatic carbocycles. The molecule has 1 fully saturated rings. The molecule has 4 rings (SSSR count). The molecule has 0 amide bonds. The van der Waals surface area contributed by atoms with Crippen LogP contribution >= 0.6 is 0 Å². The van der Waals surface area contributed by atoms with Gasteiger partial charge in [0, 0.05) is 29.7 Å². The third-order valence-electron chi connectivity index (χ3n) is 5.66. The van der Waals surface area contributed by atoms with Gasteiger partial charge in [0.25, 0.3) is 0 Å². The largest absolute Gasteiger partial charge is 0.481 e. The number of aliphatic carboxylic acids is 1. The van der Waals surface area contributed by atoms with Gasteiger partial charge in [0.15, 0.2) is 0 Å². The van der Waals surface area contributed by atoms with Crippen molar-refractivity contribution in [3.63, 3.8) is 0 Å². The fourth-order valence-electron chi connectivity index (χ4n) is 4.02. The molecule has 2 aromatic heterocycles. The second kappa shape index (κ2) is 8.60. The third kappa shape index (κ3) is 4.90.